The van der Waals surface area contributed by atoms with Crippen molar-refractivity contribution in [3.63, 3.8) is 0 Å². The highest BCUT2D eigenvalue weighted by atomic mass is 35.5. The monoisotopic (exact) mass is 326 g/mol. The quantitative estimate of drug-likeness (QED) is 0.476. The van der Waals surface area contributed by atoms with Crippen molar-refractivity contribution in [2.75, 3.05) is 5.32 Å². The van der Waals surface area contributed by atoms with Crippen LogP contribution in [0.15, 0.2) is 54.6 Å². The maximum Gasteiger partial charge on any atom is 0.274 e. The molecule has 4 rings (SSSR count). The summed E-state index contributed by atoms with van der Waals surface area (Å²) in [5.74, 6) is 0.511. The number of nitro benzene ring substituents is 1. The zero-order chi connectivity index (χ0) is 16.0. The van der Waals surface area contributed by atoms with Crippen molar-refractivity contribution in [1.29, 1.82) is 0 Å². The minimum atomic E-state index is -0.300. The fourth-order valence-electron chi connectivity index (χ4n) is 3.79. The number of rotatable bonds is 2. The minimum Gasteiger partial charge on any atom is -0.377 e. The van der Waals surface area contributed by atoms with Gasteiger partial charge < -0.3 is 5.32 Å². The molecule has 23 heavy (non-hydrogen) atoms. The fourth-order valence-corrected chi connectivity index (χ4v) is 3.97. The smallest absolute Gasteiger partial charge is 0.274 e. The molecule has 2 aromatic rings. The van der Waals surface area contributed by atoms with Crippen LogP contribution in [0, 0.1) is 16.0 Å². The Morgan fingerprint density at radius 2 is 2.00 bits per heavy atom. The van der Waals surface area contributed by atoms with Crippen molar-refractivity contribution >= 4 is 23.0 Å². The summed E-state index contributed by atoms with van der Waals surface area (Å²) in [4.78, 5) is 11.1. The molecule has 1 aliphatic carbocycles. The van der Waals surface area contributed by atoms with Crippen molar-refractivity contribution in [3.05, 3.63) is 80.9 Å². The van der Waals surface area contributed by atoms with Crippen LogP contribution in [0.4, 0.5) is 11.4 Å². The van der Waals surface area contributed by atoms with E-state index >= 15 is 0 Å². The van der Waals surface area contributed by atoms with Gasteiger partial charge in [0.25, 0.3) is 5.69 Å². The highest BCUT2D eigenvalue weighted by Gasteiger charge is 2.40. The van der Waals surface area contributed by atoms with Gasteiger partial charge in [-0.05, 0) is 36.1 Å². The SMILES string of the molecule is O=[N+]([O-])c1ccccc1[C@@H]1Nc2ccc(Cl)cc2[C@@H]2C=CC[C@@H]21. The average Bonchev–Trinajstić information content (AvgIpc) is 3.04. The summed E-state index contributed by atoms with van der Waals surface area (Å²) in [6.45, 7) is 0. The molecule has 1 heterocycles. The summed E-state index contributed by atoms with van der Waals surface area (Å²) < 4.78 is 0. The van der Waals surface area contributed by atoms with E-state index in [0.29, 0.717) is 5.02 Å². The Morgan fingerprint density at radius 1 is 1.17 bits per heavy atom. The van der Waals surface area contributed by atoms with Gasteiger partial charge in [0.2, 0.25) is 0 Å². The summed E-state index contributed by atoms with van der Waals surface area (Å²) in [6.07, 6.45) is 5.26. The third-order valence-electron chi connectivity index (χ3n) is 4.79. The highest BCUT2D eigenvalue weighted by molar-refractivity contribution is 6.30. The lowest BCUT2D eigenvalue weighted by Crippen LogP contribution is -2.29. The molecule has 2 aliphatic rings. The number of para-hydroxylation sites is 1. The normalized spacial score (nSPS) is 24.7. The predicted octanol–water partition coefficient (Wildman–Crippen LogP) is 5.07. The Morgan fingerprint density at radius 3 is 2.83 bits per heavy atom. The molecule has 0 saturated carbocycles. The number of allylic oxidation sites excluding steroid dienone is 2. The van der Waals surface area contributed by atoms with E-state index in [1.807, 2.05) is 30.3 Å². The first-order valence-electron chi connectivity index (χ1n) is 7.61. The molecule has 0 spiro atoms. The second-order valence-corrected chi connectivity index (χ2v) is 6.46. The molecular formula is C18H15ClN2O2. The van der Waals surface area contributed by atoms with Gasteiger partial charge in [-0.1, -0.05) is 42.0 Å². The molecule has 4 nitrogen and oxygen atoms in total. The highest BCUT2D eigenvalue weighted by Crippen LogP contribution is 2.51. The van der Waals surface area contributed by atoms with Gasteiger partial charge in [0.15, 0.2) is 0 Å². The summed E-state index contributed by atoms with van der Waals surface area (Å²) in [5.41, 5.74) is 3.10. The van der Waals surface area contributed by atoms with Gasteiger partial charge in [0, 0.05) is 22.7 Å². The number of nitrogens with one attached hydrogen (secondary N) is 1. The van der Waals surface area contributed by atoms with Crippen molar-refractivity contribution in [2.24, 2.45) is 5.92 Å². The maximum atomic E-state index is 11.4. The summed E-state index contributed by atoms with van der Waals surface area (Å²) in [7, 11) is 0. The number of halogens is 1. The Bertz CT molecular complexity index is 818. The number of nitro groups is 1. The van der Waals surface area contributed by atoms with Gasteiger partial charge in [-0.2, -0.15) is 0 Å². The van der Waals surface area contributed by atoms with Crippen molar-refractivity contribution < 1.29 is 4.92 Å². The van der Waals surface area contributed by atoms with Crippen LogP contribution >= 0.6 is 11.6 Å². The van der Waals surface area contributed by atoms with Gasteiger partial charge in [0.1, 0.15) is 0 Å². The Hall–Kier alpha value is -2.33. The molecule has 0 radical (unpaired) electrons. The van der Waals surface area contributed by atoms with E-state index < -0.39 is 0 Å². The van der Waals surface area contributed by atoms with Crippen LogP contribution in [0.2, 0.25) is 5.02 Å². The Balaban J connectivity index is 1.83. The molecule has 0 bridgehead atoms. The zero-order valence-electron chi connectivity index (χ0n) is 12.3. The molecule has 1 aliphatic heterocycles. The molecule has 0 saturated heterocycles. The first kappa shape index (κ1) is 14.3. The van der Waals surface area contributed by atoms with E-state index in [9.17, 15) is 10.1 Å². The first-order chi connectivity index (χ1) is 11.1. The molecule has 2 aromatic carbocycles. The topological polar surface area (TPSA) is 55.2 Å². The van der Waals surface area contributed by atoms with Gasteiger partial charge in [-0.15, -0.1) is 0 Å². The molecular weight excluding hydrogens is 312 g/mol. The van der Waals surface area contributed by atoms with E-state index in [1.165, 1.54) is 5.56 Å². The number of anilines is 1. The van der Waals surface area contributed by atoms with E-state index in [1.54, 1.807) is 12.1 Å². The first-order valence-corrected chi connectivity index (χ1v) is 7.99. The van der Waals surface area contributed by atoms with Crippen molar-refractivity contribution in [1.82, 2.24) is 0 Å². The summed E-state index contributed by atoms with van der Waals surface area (Å²) in [6, 6.07) is 12.7. The van der Waals surface area contributed by atoms with Crippen LogP contribution in [0.25, 0.3) is 0 Å². The largest absolute Gasteiger partial charge is 0.377 e. The predicted molar refractivity (Wildman–Crippen MR) is 90.9 cm³/mol. The number of hydrogen-bond acceptors (Lipinski definition) is 3. The van der Waals surface area contributed by atoms with Crippen molar-refractivity contribution in [3.8, 4) is 0 Å². The standard InChI is InChI=1S/C18H15ClN2O2/c19-11-8-9-16-15(10-11)12-5-3-6-13(12)18(20-16)14-4-1-2-7-17(14)21(22)23/h1-5,7-10,12-13,18,20H,6H2/t12-,13+,18-/m1/s1. The second kappa shape index (κ2) is 5.39. The van der Waals surface area contributed by atoms with Crippen LogP contribution in [0.1, 0.15) is 29.5 Å². The van der Waals surface area contributed by atoms with Crippen LogP contribution in [-0.4, -0.2) is 4.92 Å². The Kier molecular flexibility index (Phi) is 3.34. The van der Waals surface area contributed by atoms with Crippen LogP contribution in [0.3, 0.4) is 0 Å². The third-order valence-corrected chi connectivity index (χ3v) is 5.03. The number of nitrogens with zero attached hydrogens (tertiary/aromatic N) is 1. The lowest BCUT2D eigenvalue weighted by molar-refractivity contribution is -0.385. The Labute approximate surface area is 138 Å². The lowest BCUT2D eigenvalue weighted by atomic mass is 9.76. The fraction of sp³-hybridized carbons (Fsp3) is 0.222. The lowest BCUT2D eigenvalue weighted by Gasteiger charge is -2.37. The van der Waals surface area contributed by atoms with E-state index in [4.69, 9.17) is 11.6 Å². The minimum absolute atomic E-state index is 0.0784. The van der Waals surface area contributed by atoms with Crippen molar-refractivity contribution in [2.45, 2.75) is 18.4 Å². The molecule has 116 valence electrons. The number of benzene rings is 2. The molecule has 0 amide bonds. The van der Waals surface area contributed by atoms with Gasteiger partial charge in [-0.25, -0.2) is 0 Å². The summed E-state index contributed by atoms with van der Waals surface area (Å²) >= 11 is 6.15. The number of hydrogen-bond donors (Lipinski definition) is 1. The molecule has 0 unspecified atom stereocenters. The van der Waals surface area contributed by atoms with Crippen LogP contribution in [-0.2, 0) is 0 Å². The number of fused-ring (bicyclic) bond motifs is 3. The van der Waals surface area contributed by atoms with Crippen LogP contribution in [0.5, 0.6) is 0 Å². The second-order valence-electron chi connectivity index (χ2n) is 6.02. The molecule has 1 N–H and O–H groups in total. The third kappa shape index (κ3) is 2.30. The molecule has 5 heteroatoms. The van der Waals surface area contributed by atoms with Gasteiger partial charge >= 0.3 is 0 Å². The van der Waals surface area contributed by atoms with Gasteiger partial charge in [-0.3, -0.25) is 10.1 Å². The van der Waals surface area contributed by atoms with Gasteiger partial charge in [0.05, 0.1) is 16.5 Å². The molecule has 3 atom stereocenters. The average molecular weight is 327 g/mol. The molecule has 0 fully saturated rings. The zero-order valence-corrected chi connectivity index (χ0v) is 13.0. The van der Waals surface area contributed by atoms with E-state index in [0.717, 1.165) is 17.7 Å². The maximum absolute atomic E-state index is 11.4. The summed E-state index contributed by atoms with van der Waals surface area (Å²) in [5, 5.41) is 15.6. The van der Waals surface area contributed by atoms with Crippen LogP contribution < -0.4 is 5.32 Å². The molecule has 0 aromatic heterocycles. The van der Waals surface area contributed by atoms with E-state index in [2.05, 4.69) is 17.5 Å². The van der Waals surface area contributed by atoms with E-state index in [-0.39, 0.29) is 28.5 Å².